The highest BCUT2D eigenvalue weighted by Crippen LogP contribution is 2.30. The number of benzene rings is 1. The van der Waals surface area contributed by atoms with Crippen LogP contribution in [0.2, 0.25) is 0 Å². The van der Waals surface area contributed by atoms with Gasteiger partial charge < -0.3 is 14.0 Å². The molecule has 0 amide bonds. The van der Waals surface area contributed by atoms with E-state index in [9.17, 15) is 0 Å². The zero-order valence-corrected chi connectivity index (χ0v) is 14.7. The average molecular weight is 344 g/mol. The van der Waals surface area contributed by atoms with Gasteiger partial charge in [0.25, 0.3) is 0 Å². The highest BCUT2D eigenvalue weighted by molar-refractivity contribution is 7.99. The fourth-order valence-electron chi connectivity index (χ4n) is 3.42. The molecule has 0 spiro atoms. The molecule has 24 heavy (non-hydrogen) atoms. The van der Waals surface area contributed by atoms with Crippen LogP contribution in [0.5, 0.6) is 0 Å². The van der Waals surface area contributed by atoms with Gasteiger partial charge in [0.05, 0.1) is 30.6 Å². The second-order valence-corrected chi connectivity index (χ2v) is 7.47. The monoisotopic (exact) mass is 344 g/mol. The Morgan fingerprint density at radius 3 is 2.50 bits per heavy atom. The summed E-state index contributed by atoms with van der Waals surface area (Å²) < 4.78 is 14.0. The lowest BCUT2D eigenvalue weighted by molar-refractivity contribution is 0.0953. The molecule has 2 aliphatic heterocycles. The molecule has 2 aliphatic rings. The van der Waals surface area contributed by atoms with Crippen molar-refractivity contribution in [1.82, 2.24) is 9.55 Å². The lowest BCUT2D eigenvalue weighted by Crippen LogP contribution is -2.17. The van der Waals surface area contributed by atoms with E-state index in [-0.39, 0.29) is 0 Å². The van der Waals surface area contributed by atoms with E-state index in [4.69, 9.17) is 14.5 Å². The number of aromatic nitrogens is 2. The number of hydrogen-bond acceptors (Lipinski definition) is 4. The summed E-state index contributed by atoms with van der Waals surface area (Å²) in [6.45, 7) is 2.68. The summed E-state index contributed by atoms with van der Waals surface area (Å²) in [5.74, 6) is 0.983. The predicted octanol–water partition coefficient (Wildman–Crippen LogP) is 4.00. The van der Waals surface area contributed by atoms with Crippen molar-refractivity contribution in [3.8, 4) is 11.3 Å². The van der Waals surface area contributed by atoms with Crippen molar-refractivity contribution in [1.29, 1.82) is 0 Å². The van der Waals surface area contributed by atoms with Crippen LogP contribution in [0.3, 0.4) is 0 Å². The third kappa shape index (κ3) is 3.68. The van der Waals surface area contributed by atoms with E-state index in [2.05, 4.69) is 34.9 Å². The van der Waals surface area contributed by atoms with Crippen LogP contribution in [0.4, 0.5) is 0 Å². The van der Waals surface area contributed by atoms with E-state index in [1.165, 1.54) is 30.5 Å². The van der Waals surface area contributed by atoms with Crippen LogP contribution in [-0.4, -0.2) is 40.7 Å². The Labute approximate surface area is 147 Å². The molecule has 0 radical (unpaired) electrons. The fraction of sp³-hybridized carbons (Fsp3) is 0.526. The summed E-state index contributed by atoms with van der Waals surface area (Å²) in [5, 5.41) is 1.08. The van der Waals surface area contributed by atoms with Gasteiger partial charge in [0.2, 0.25) is 0 Å². The molecule has 4 nitrogen and oxygen atoms in total. The molecule has 2 aromatic rings. The van der Waals surface area contributed by atoms with Crippen LogP contribution >= 0.6 is 11.8 Å². The van der Waals surface area contributed by atoms with E-state index in [1.54, 1.807) is 0 Å². The first kappa shape index (κ1) is 16.2. The van der Waals surface area contributed by atoms with Crippen molar-refractivity contribution in [2.24, 2.45) is 0 Å². The van der Waals surface area contributed by atoms with E-state index < -0.39 is 0 Å². The third-order valence-corrected chi connectivity index (χ3v) is 5.84. The highest BCUT2D eigenvalue weighted by Gasteiger charge is 2.22. The Morgan fingerprint density at radius 1 is 1.04 bits per heavy atom. The number of rotatable bonds is 6. The molecule has 1 aromatic carbocycles. The number of ether oxygens (including phenoxy) is 2. The molecule has 2 atom stereocenters. The Morgan fingerprint density at radius 2 is 1.79 bits per heavy atom. The zero-order valence-electron chi connectivity index (χ0n) is 13.9. The Hall–Kier alpha value is -1.30. The van der Waals surface area contributed by atoms with Gasteiger partial charge in [-0.25, -0.2) is 4.98 Å². The minimum absolute atomic E-state index is 0.309. The predicted molar refractivity (Wildman–Crippen MR) is 96.3 cm³/mol. The molecule has 5 heteroatoms. The van der Waals surface area contributed by atoms with Gasteiger partial charge >= 0.3 is 0 Å². The highest BCUT2D eigenvalue weighted by atomic mass is 32.2. The number of thioether (sulfide) groups is 1. The van der Waals surface area contributed by atoms with Crippen molar-refractivity contribution < 1.29 is 9.47 Å². The maximum absolute atomic E-state index is 5.87. The molecule has 0 unspecified atom stereocenters. The molecular formula is C19H24N2O2S. The standard InChI is InChI=1S/C19H24N2O2S/c1-2-6-15(7-3-1)18-12-20-19(24-14-17-9-5-11-23-17)21(18)13-16-8-4-10-22-16/h1-3,6-7,12,16-17H,4-5,8-11,13-14H2/t16-,17+/m0/s1. The molecule has 128 valence electrons. The van der Waals surface area contributed by atoms with Crippen LogP contribution in [0.25, 0.3) is 11.3 Å². The van der Waals surface area contributed by atoms with Crippen LogP contribution in [-0.2, 0) is 16.0 Å². The SMILES string of the molecule is c1ccc(-c2cnc(SC[C@H]3CCCO3)n2C[C@@H]2CCCO2)cc1. The first-order chi connectivity index (χ1) is 11.9. The Balaban J connectivity index is 1.56. The van der Waals surface area contributed by atoms with Crippen LogP contribution in [0.15, 0.2) is 41.7 Å². The average Bonchev–Trinajstić information content (AvgIpc) is 3.37. The first-order valence-electron chi connectivity index (χ1n) is 8.87. The largest absolute Gasteiger partial charge is 0.377 e. The van der Waals surface area contributed by atoms with Crippen molar-refractivity contribution in [2.45, 2.75) is 49.6 Å². The van der Waals surface area contributed by atoms with Gasteiger partial charge in [-0.05, 0) is 31.2 Å². The quantitative estimate of drug-likeness (QED) is 0.742. The maximum atomic E-state index is 5.87. The maximum Gasteiger partial charge on any atom is 0.168 e. The second-order valence-electron chi connectivity index (χ2n) is 6.48. The van der Waals surface area contributed by atoms with Crippen molar-refractivity contribution in [2.75, 3.05) is 19.0 Å². The molecule has 2 fully saturated rings. The normalized spacial score (nSPS) is 23.8. The van der Waals surface area contributed by atoms with Crippen LogP contribution in [0.1, 0.15) is 25.7 Å². The van der Waals surface area contributed by atoms with Gasteiger partial charge in [-0.15, -0.1) is 0 Å². The van der Waals surface area contributed by atoms with Crippen molar-refractivity contribution >= 4 is 11.8 Å². The summed E-state index contributed by atoms with van der Waals surface area (Å²) >= 11 is 1.81. The molecule has 1 aromatic heterocycles. The van der Waals surface area contributed by atoms with E-state index in [0.717, 1.165) is 37.1 Å². The number of nitrogens with zero attached hydrogens (tertiary/aromatic N) is 2. The first-order valence-corrected chi connectivity index (χ1v) is 9.85. The minimum Gasteiger partial charge on any atom is -0.377 e. The van der Waals surface area contributed by atoms with E-state index >= 15 is 0 Å². The Kier molecular flexibility index (Phi) is 5.21. The Bertz CT molecular complexity index is 647. The third-order valence-electron chi connectivity index (χ3n) is 4.72. The molecule has 0 aliphatic carbocycles. The van der Waals surface area contributed by atoms with E-state index in [1.807, 2.05) is 18.0 Å². The lowest BCUT2D eigenvalue weighted by atomic mass is 10.1. The fourth-order valence-corrected chi connectivity index (χ4v) is 4.48. The zero-order chi connectivity index (χ0) is 16.2. The number of hydrogen-bond donors (Lipinski definition) is 0. The minimum atomic E-state index is 0.309. The molecule has 0 N–H and O–H groups in total. The lowest BCUT2D eigenvalue weighted by Gasteiger charge is -2.17. The van der Waals surface area contributed by atoms with Crippen molar-refractivity contribution in [3.63, 3.8) is 0 Å². The van der Waals surface area contributed by atoms with Gasteiger partial charge in [0.15, 0.2) is 5.16 Å². The molecule has 4 rings (SSSR count). The summed E-state index contributed by atoms with van der Waals surface area (Å²) in [7, 11) is 0. The second kappa shape index (κ2) is 7.72. The van der Waals surface area contributed by atoms with Gasteiger partial charge in [0, 0.05) is 19.0 Å². The smallest absolute Gasteiger partial charge is 0.168 e. The van der Waals surface area contributed by atoms with Gasteiger partial charge in [-0.2, -0.15) is 0 Å². The van der Waals surface area contributed by atoms with Gasteiger partial charge in [0.1, 0.15) is 0 Å². The van der Waals surface area contributed by atoms with Gasteiger partial charge in [-0.3, -0.25) is 0 Å². The molecule has 2 saturated heterocycles. The summed E-state index contributed by atoms with van der Waals surface area (Å²) in [5.41, 5.74) is 2.40. The summed E-state index contributed by atoms with van der Waals surface area (Å²) in [6, 6.07) is 10.5. The molecular weight excluding hydrogens is 320 g/mol. The van der Waals surface area contributed by atoms with Crippen molar-refractivity contribution in [3.05, 3.63) is 36.5 Å². The summed E-state index contributed by atoms with van der Waals surface area (Å²) in [4.78, 5) is 4.71. The number of imidazole rings is 1. The molecule has 0 saturated carbocycles. The van der Waals surface area contributed by atoms with Gasteiger partial charge in [-0.1, -0.05) is 42.1 Å². The van der Waals surface area contributed by atoms with E-state index in [0.29, 0.717) is 12.2 Å². The summed E-state index contributed by atoms with van der Waals surface area (Å²) in [6.07, 6.45) is 7.35. The topological polar surface area (TPSA) is 36.3 Å². The van der Waals surface area contributed by atoms with Crippen LogP contribution in [0, 0.1) is 0 Å². The molecule has 0 bridgehead atoms. The van der Waals surface area contributed by atoms with Crippen LogP contribution < -0.4 is 0 Å². The molecule has 3 heterocycles.